The summed E-state index contributed by atoms with van der Waals surface area (Å²) < 4.78 is 17.4. The molecular formula is C24H24N2O3. The molecule has 0 aliphatic heterocycles. The molecule has 0 aliphatic rings. The van der Waals surface area contributed by atoms with E-state index in [4.69, 9.17) is 13.9 Å². The van der Waals surface area contributed by atoms with Gasteiger partial charge in [0.2, 0.25) is 0 Å². The van der Waals surface area contributed by atoms with E-state index in [0.717, 1.165) is 39.4 Å². The van der Waals surface area contributed by atoms with Crippen LogP contribution in [-0.4, -0.2) is 12.1 Å². The fourth-order valence-electron chi connectivity index (χ4n) is 3.17. The van der Waals surface area contributed by atoms with Gasteiger partial charge in [-0.25, -0.2) is 0 Å². The molecule has 2 heterocycles. The lowest BCUT2D eigenvalue weighted by Gasteiger charge is -2.14. The van der Waals surface area contributed by atoms with Crippen molar-refractivity contribution in [3.63, 3.8) is 0 Å². The molecule has 1 unspecified atom stereocenters. The van der Waals surface area contributed by atoms with Crippen LogP contribution < -0.4 is 14.8 Å². The summed E-state index contributed by atoms with van der Waals surface area (Å²) in [5.74, 6) is 2.36. The number of methoxy groups -OCH3 is 1. The first-order valence-electron chi connectivity index (χ1n) is 9.63. The zero-order valence-corrected chi connectivity index (χ0v) is 16.6. The highest BCUT2D eigenvalue weighted by atomic mass is 16.5. The fourth-order valence-corrected chi connectivity index (χ4v) is 3.17. The van der Waals surface area contributed by atoms with Crippen LogP contribution in [0.5, 0.6) is 11.5 Å². The lowest BCUT2D eigenvalue weighted by atomic mass is 10.1. The van der Waals surface area contributed by atoms with Gasteiger partial charge < -0.3 is 19.2 Å². The molecule has 0 radical (unpaired) electrons. The van der Waals surface area contributed by atoms with Gasteiger partial charge in [0.25, 0.3) is 0 Å². The zero-order valence-electron chi connectivity index (χ0n) is 16.6. The summed E-state index contributed by atoms with van der Waals surface area (Å²) in [4.78, 5) is 4.02. The second-order valence-electron chi connectivity index (χ2n) is 6.92. The van der Waals surface area contributed by atoms with Gasteiger partial charge in [0, 0.05) is 24.3 Å². The van der Waals surface area contributed by atoms with Gasteiger partial charge in [0.05, 0.1) is 13.2 Å². The van der Waals surface area contributed by atoms with Crippen LogP contribution in [0.4, 0.5) is 0 Å². The molecule has 0 saturated heterocycles. The first-order valence-corrected chi connectivity index (χ1v) is 9.63. The zero-order chi connectivity index (χ0) is 20.1. The molecule has 0 spiro atoms. The predicted octanol–water partition coefficient (Wildman–Crippen LogP) is 5.27. The summed E-state index contributed by atoms with van der Waals surface area (Å²) >= 11 is 0. The predicted molar refractivity (Wildman–Crippen MR) is 113 cm³/mol. The average Bonchev–Trinajstić information content (AvgIpc) is 3.21. The lowest BCUT2D eigenvalue weighted by molar-refractivity contribution is 0.284. The van der Waals surface area contributed by atoms with Crippen molar-refractivity contribution >= 4 is 11.0 Å². The Morgan fingerprint density at radius 2 is 1.79 bits per heavy atom. The minimum atomic E-state index is 0.0935. The van der Waals surface area contributed by atoms with E-state index in [-0.39, 0.29) is 6.04 Å². The van der Waals surface area contributed by atoms with Crippen molar-refractivity contribution in [3.05, 3.63) is 89.9 Å². The maximum atomic E-state index is 5.94. The first-order chi connectivity index (χ1) is 14.2. The maximum Gasteiger partial charge on any atom is 0.161 e. The van der Waals surface area contributed by atoms with Crippen LogP contribution in [0.25, 0.3) is 11.0 Å². The van der Waals surface area contributed by atoms with Crippen molar-refractivity contribution in [2.24, 2.45) is 0 Å². The molecule has 0 amide bonds. The molecule has 1 atom stereocenters. The van der Waals surface area contributed by atoms with Crippen molar-refractivity contribution in [1.82, 2.24) is 10.3 Å². The van der Waals surface area contributed by atoms with Crippen LogP contribution in [-0.2, 0) is 13.2 Å². The molecular weight excluding hydrogens is 364 g/mol. The van der Waals surface area contributed by atoms with Gasteiger partial charge in [0.15, 0.2) is 11.5 Å². The van der Waals surface area contributed by atoms with E-state index in [2.05, 4.69) is 29.4 Å². The largest absolute Gasteiger partial charge is 0.493 e. The molecule has 29 heavy (non-hydrogen) atoms. The Morgan fingerprint density at radius 1 is 0.966 bits per heavy atom. The summed E-state index contributed by atoms with van der Waals surface area (Å²) in [5, 5.41) is 4.63. The highest BCUT2D eigenvalue weighted by Crippen LogP contribution is 2.29. The standard InChI is InChI=1S/C24H24N2O3/c1-17(23-14-20-5-3-4-6-21(20)29-23)26-15-19-7-8-22(24(13-19)27-2)28-16-18-9-11-25-12-10-18/h3-14,17,26H,15-16H2,1-2H3. The maximum absolute atomic E-state index is 5.94. The molecule has 2 aromatic carbocycles. The summed E-state index contributed by atoms with van der Waals surface area (Å²) in [6.07, 6.45) is 3.52. The Labute approximate surface area is 170 Å². The Kier molecular flexibility index (Phi) is 5.77. The van der Waals surface area contributed by atoms with Crippen LogP contribution in [0.2, 0.25) is 0 Å². The number of fused-ring (bicyclic) bond motifs is 1. The van der Waals surface area contributed by atoms with Crippen molar-refractivity contribution in [2.45, 2.75) is 26.1 Å². The fraction of sp³-hybridized carbons (Fsp3) is 0.208. The molecule has 148 valence electrons. The molecule has 5 heteroatoms. The van der Waals surface area contributed by atoms with E-state index in [1.165, 1.54) is 0 Å². The monoisotopic (exact) mass is 388 g/mol. The van der Waals surface area contributed by atoms with Gasteiger partial charge in [-0.3, -0.25) is 4.98 Å². The minimum absolute atomic E-state index is 0.0935. The quantitative estimate of drug-likeness (QED) is 0.446. The number of pyridine rings is 1. The van der Waals surface area contributed by atoms with Crippen molar-refractivity contribution in [1.29, 1.82) is 0 Å². The molecule has 1 N–H and O–H groups in total. The van der Waals surface area contributed by atoms with Crippen LogP contribution in [0.3, 0.4) is 0 Å². The molecule has 0 fully saturated rings. The lowest BCUT2D eigenvalue weighted by Crippen LogP contribution is -2.17. The number of hydrogen-bond donors (Lipinski definition) is 1. The number of aromatic nitrogens is 1. The van der Waals surface area contributed by atoms with E-state index in [9.17, 15) is 0 Å². The number of ether oxygens (including phenoxy) is 2. The number of benzene rings is 2. The SMILES string of the molecule is COc1cc(CNC(C)c2cc3ccccc3o2)ccc1OCc1ccncc1. The van der Waals surface area contributed by atoms with Gasteiger partial charge in [-0.05, 0) is 54.4 Å². The third kappa shape index (κ3) is 4.58. The van der Waals surface area contributed by atoms with E-state index in [0.29, 0.717) is 13.2 Å². The number of furan rings is 1. The molecule has 4 aromatic rings. The Hall–Kier alpha value is -3.31. The summed E-state index contributed by atoms with van der Waals surface area (Å²) in [6, 6.07) is 20.1. The number of nitrogens with zero attached hydrogens (tertiary/aromatic N) is 1. The topological polar surface area (TPSA) is 56.5 Å². The molecule has 0 aliphatic carbocycles. The minimum Gasteiger partial charge on any atom is -0.493 e. The van der Waals surface area contributed by atoms with E-state index < -0.39 is 0 Å². The van der Waals surface area contributed by atoms with Crippen LogP contribution in [0.1, 0.15) is 29.9 Å². The Bertz CT molecular complexity index is 1040. The van der Waals surface area contributed by atoms with E-state index in [1.54, 1.807) is 19.5 Å². The van der Waals surface area contributed by atoms with Crippen LogP contribution >= 0.6 is 0 Å². The molecule has 5 nitrogen and oxygen atoms in total. The smallest absolute Gasteiger partial charge is 0.161 e. The van der Waals surface area contributed by atoms with Gasteiger partial charge in [-0.15, -0.1) is 0 Å². The highest BCUT2D eigenvalue weighted by molar-refractivity contribution is 5.77. The summed E-state index contributed by atoms with van der Waals surface area (Å²) in [5.41, 5.74) is 3.09. The number of para-hydroxylation sites is 1. The Balaban J connectivity index is 1.39. The Morgan fingerprint density at radius 3 is 2.59 bits per heavy atom. The first kappa shape index (κ1) is 19.0. The van der Waals surface area contributed by atoms with Crippen molar-refractivity contribution in [2.75, 3.05) is 7.11 Å². The molecule has 4 rings (SSSR count). The van der Waals surface area contributed by atoms with Crippen LogP contribution in [0, 0.1) is 0 Å². The van der Waals surface area contributed by atoms with Crippen molar-refractivity contribution < 1.29 is 13.9 Å². The molecule has 2 aromatic heterocycles. The second-order valence-corrected chi connectivity index (χ2v) is 6.92. The van der Waals surface area contributed by atoms with Crippen molar-refractivity contribution in [3.8, 4) is 11.5 Å². The highest BCUT2D eigenvalue weighted by Gasteiger charge is 2.12. The third-order valence-corrected chi connectivity index (χ3v) is 4.86. The van der Waals surface area contributed by atoms with Gasteiger partial charge in [-0.1, -0.05) is 24.3 Å². The third-order valence-electron chi connectivity index (χ3n) is 4.86. The van der Waals surface area contributed by atoms with Crippen LogP contribution in [0.15, 0.2) is 77.5 Å². The normalized spacial score (nSPS) is 12.1. The van der Waals surface area contributed by atoms with E-state index >= 15 is 0 Å². The summed E-state index contributed by atoms with van der Waals surface area (Å²) in [7, 11) is 1.66. The average molecular weight is 388 g/mol. The van der Waals surface area contributed by atoms with Gasteiger partial charge in [-0.2, -0.15) is 0 Å². The molecule has 0 bridgehead atoms. The van der Waals surface area contributed by atoms with Gasteiger partial charge >= 0.3 is 0 Å². The van der Waals surface area contributed by atoms with Gasteiger partial charge in [0.1, 0.15) is 18.0 Å². The number of hydrogen-bond acceptors (Lipinski definition) is 5. The summed E-state index contributed by atoms with van der Waals surface area (Å²) in [6.45, 7) is 3.26. The second kappa shape index (κ2) is 8.80. The number of nitrogens with one attached hydrogen (secondary N) is 1. The molecule has 0 saturated carbocycles. The van der Waals surface area contributed by atoms with E-state index in [1.807, 2.05) is 48.5 Å². The number of rotatable bonds is 8.